The summed E-state index contributed by atoms with van der Waals surface area (Å²) in [7, 11) is 1.81. The highest BCUT2D eigenvalue weighted by atomic mass is 16.2. The molecule has 2 aromatic carbocycles. The van der Waals surface area contributed by atoms with E-state index < -0.39 is 0 Å². The standard InChI is InChI=1S/C17H16N2O/c1-19-16-10-6-5-9-14(16)15(18-12-17(19)20)11-13-7-3-2-4-8-13/h2-10H,11-12H2,1H3. The highest BCUT2D eigenvalue weighted by molar-refractivity contribution is 6.12. The Bertz CT molecular complexity index is 662. The van der Waals surface area contributed by atoms with Crippen LogP contribution in [0.3, 0.4) is 0 Å². The van der Waals surface area contributed by atoms with Gasteiger partial charge in [-0.3, -0.25) is 9.79 Å². The van der Waals surface area contributed by atoms with Gasteiger partial charge in [-0.2, -0.15) is 0 Å². The second-order valence-corrected chi connectivity index (χ2v) is 4.90. The number of carbonyl (C=O) groups excluding carboxylic acids is 1. The van der Waals surface area contributed by atoms with Crippen molar-refractivity contribution in [3.63, 3.8) is 0 Å². The smallest absolute Gasteiger partial charge is 0.248 e. The van der Waals surface area contributed by atoms with E-state index in [4.69, 9.17) is 0 Å². The number of rotatable bonds is 2. The third-order valence-electron chi connectivity index (χ3n) is 3.57. The molecule has 1 amide bonds. The minimum Gasteiger partial charge on any atom is -0.313 e. The van der Waals surface area contributed by atoms with E-state index in [-0.39, 0.29) is 12.5 Å². The Labute approximate surface area is 118 Å². The van der Waals surface area contributed by atoms with Crippen molar-refractivity contribution in [2.24, 2.45) is 4.99 Å². The van der Waals surface area contributed by atoms with Gasteiger partial charge in [-0.25, -0.2) is 0 Å². The minimum absolute atomic E-state index is 0.0283. The van der Waals surface area contributed by atoms with Crippen molar-refractivity contribution < 1.29 is 4.79 Å². The summed E-state index contributed by atoms with van der Waals surface area (Å²) in [5.41, 5.74) is 4.16. The van der Waals surface area contributed by atoms with E-state index in [1.165, 1.54) is 5.56 Å². The molecule has 2 aromatic rings. The Hall–Kier alpha value is -2.42. The van der Waals surface area contributed by atoms with Crippen LogP contribution >= 0.6 is 0 Å². The Morgan fingerprint density at radius 2 is 1.75 bits per heavy atom. The summed E-state index contributed by atoms with van der Waals surface area (Å²) in [6, 6.07) is 18.2. The van der Waals surface area contributed by atoms with Crippen LogP contribution in [0.15, 0.2) is 59.6 Å². The number of nitrogens with zero attached hydrogens (tertiary/aromatic N) is 2. The zero-order valence-corrected chi connectivity index (χ0v) is 11.4. The van der Waals surface area contributed by atoms with E-state index in [0.29, 0.717) is 0 Å². The molecule has 0 radical (unpaired) electrons. The lowest BCUT2D eigenvalue weighted by Crippen LogP contribution is -2.27. The van der Waals surface area contributed by atoms with Gasteiger partial charge in [0.15, 0.2) is 0 Å². The third-order valence-corrected chi connectivity index (χ3v) is 3.57. The van der Waals surface area contributed by atoms with Gasteiger partial charge in [-0.05, 0) is 11.6 Å². The van der Waals surface area contributed by atoms with E-state index in [9.17, 15) is 4.79 Å². The summed E-state index contributed by atoms with van der Waals surface area (Å²) in [6.45, 7) is 0.216. The van der Waals surface area contributed by atoms with Crippen molar-refractivity contribution in [2.75, 3.05) is 18.5 Å². The fraction of sp³-hybridized carbons (Fsp3) is 0.176. The molecule has 1 aliphatic rings. The van der Waals surface area contributed by atoms with Crippen LogP contribution in [0.1, 0.15) is 11.1 Å². The summed E-state index contributed by atoms with van der Waals surface area (Å²) in [5, 5.41) is 0. The summed E-state index contributed by atoms with van der Waals surface area (Å²) in [5.74, 6) is 0.0283. The predicted octanol–water partition coefficient (Wildman–Crippen LogP) is 2.69. The molecule has 0 unspecified atom stereocenters. The number of para-hydroxylation sites is 1. The molecule has 0 saturated carbocycles. The fourth-order valence-corrected chi connectivity index (χ4v) is 2.44. The maximum absolute atomic E-state index is 12.0. The Kier molecular flexibility index (Phi) is 3.33. The molecule has 1 aliphatic heterocycles. The molecule has 20 heavy (non-hydrogen) atoms. The number of aliphatic imine (C=N–C) groups is 1. The first-order valence-corrected chi connectivity index (χ1v) is 6.69. The van der Waals surface area contributed by atoms with Crippen LogP contribution in [-0.4, -0.2) is 25.2 Å². The molecule has 3 rings (SSSR count). The van der Waals surface area contributed by atoms with Crippen LogP contribution in [-0.2, 0) is 11.2 Å². The van der Waals surface area contributed by atoms with Gasteiger partial charge in [-0.15, -0.1) is 0 Å². The Morgan fingerprint density at radius 3 is 2.55 bits per heavy atom. The van der Waals surface area contributed by atoms with Crippen molar-refractivity contribution >= 4 is 17.3 Å². The first kappa shape index (κ1) is 12.6. The maximum Gasteiger partial charge on any atom is 0.248 e. The lowest BCUT2D eigenvalue weighted by molar-refractivity contribution is -0.116. The Balaban J connectivity index is 2.02. The van der Waals surface area contributed by atoms with Crippen molar-refractivity contribution in [3.05, 3.63) is 65.7 Å². The van der Waals surface area contributed by atoms with Crippen molar-refractivity contribution in [2.45, 2.75) is 6.42 Å². The highest BCUT2D eigenvalue weighted by Crippen LogP contribution is 2.24. The number of benzene rings is 2. The van der Waals surface area contributed by atoms with E-state index in [1.807, 2.05) is 49.5 Å². The Morgan fingerprint density at radius 1 is 1.05 bits per heavy atom. The van der Waals surface area contributed by atoms with Crippen LogP contribution < -0.4 is 4.90 Å². The third kappa shape index (κ3) is 2.35. The fourth-order valence-electron chi connectivity index (χ4n) is 2.44. The number of fused-ring (bicyclic) bond motifs is 1. The molecule has 0 aliphatic carbocycles. The largest absolute Gasteiger partial charge is 0.313 e. The van der Waals surface area contributed by atoms with Crippen LogP contribution in [0.5, 0.6) is 0 Å². The van der Waals surface area contributed by atoms with Crippen LogP contribution in [0.25, 0.3) is 0 Å². The first-order valence-electron chi connectivity index (χ1n) is 6.69. The molecule has 3 nitrogen and oxygen atoms in total. The molecule has 0 fully saturated rings. The molecule has 0 bridgehead atoms. The van der Waals surface area contributed by atoms with Gasteiger partial charge in [0, 0.05) is 24.7 Å². The molecular formula is C17H16N2O. The number of likely N-dealkylation sites (N-methyl/N-ethyl adjacent to an activating group) is 1. The van der Waals surface area contributed by atoms with Gasteiger partial charge in [0.25, 0.3) is 0 Å². The van der Waals surface area contributed by atoms with Gasteiger partial charge in [0.2, 0.25) is 5.91 Å². The second-order valence-electron chi connectivity index (χ2n) is 4.90. The van der Waals surface area contributed by atoms with Gasteiger partial charge in [0.05, 0.1) is 5.69 Å². The number of amides is 1. The van der Waals surface area contributed by atoms with Crippen LogP contribution in [0.4, 0.5) is 5.69 Å². The zero-order chi connectivity index (χ0) is 13.9. The molecule has 1 heterocycles. The molecule has 0 aromatic heterocycles. The number of anilines is 1. The van der Waals surface area contributed by atoms with Gasteiger partial charge in [-0.1, -0.05) is 48.5 Å². The maximum atomic E-state index is 12.0. The summed E-state index contributed by atoms with van der Waals surface area (Å²) in [6.07, 6.45) is 0.749. The number of hydrogen-bond acceptors (Lipinski definition) is 2. The predicted molar refractivity (Wildman–Crippen MR) is 81.4 cm³/mol. The number of hydrogen-bond donors (Lipinski definition) is 0. The average Bonchev–Trinajstić information content (AvgIpc) is 2.61. The van der Waals surface area contributed by atoms with Crippen LogP contribution in [0, 0.1) is 0 Å². The molecule has 100 valence electrons. The monoisotopic (exact) mass is 264 g/mol. The van der Waals surface area contributed by atoms with Crippen molar-refractivity contribution in [3.8, 4) is 0 Å². The summed E-state index contributed by atoms with van der Waals surface area (Å²) in [4.78, 5) is 18.2. The lowest BCUT2D eigenvalue weighted by atomic mass is 10.0. The van der Waals surface area contributed by atoms with Crippen molar-refractivity contribution in [1.82, 2.24) is 0 Å². The van der Waals surface area contributed by atoms with E-state index >= 15 is 0 Å². The summed E-state index contributed by atoms with van der Waals surface area (Å²) < 4.78 is 0. The quantitative estimate of drug-likeness (QED) is 0.821. The average molecular weight is 264 g/mol. The van der Waals surface area contributed by atoms with E-state index in [2.05, 4.69) is 17.1 Å². The number of carbonyl (C=O) groups is 1. The second kappa shape index (κ2) is 5.29. The lowest BCUT2D eigenvalue weighted by Gasteiger charge is -2.17. The molecule has 0 atom stereocenters. The molecule has 0 spiro atoms. The van der Waals surface area contributed by atoms with Crippen LogP contribution in [0.2, 0.25) is 0 Å². The first-order chi connectivity index (χ1) is 9.75. The molecule has 0 saturated heterocycles. The SMILES string of the molecule is CN1C(=O)CN=C(Cc2ccccc2)c2ccccc21. The van der Waals surface area contributed by atoms with Gasteiger partial charge in [0.1, 0.15) is 6.54 Å². The van der Waals surface area contributed by atoms with E-state index in [1.54, 1.807) is 4.90 Å². The van der Waals surface area contributed by atoms with Gasteiger partial charge >= 0.3 is 0 Å². The van der Waals surface area contributed by atoms with Gasteiger partial charge < -0.3 is 4.90 Å². The molecular weight excluding hydrogens is 248 g/mol. The van der Waals surface area contributed by atoms with Crippen molar-refractivity contribution in [1.29, 1.82) is 0 Å². The summed E-state index contributed by atoms with van der Waals surface area (Å²) >= 11 is 0. The van der Waals surface area contributed by atoms with E-state index in [0.717, 1.165) is 23.4 Å². The molecule has 0 N–H and O–H groups in total. The zero-order valence-electron chi connectivity index (χ0n) is 11.4. The topological polar surface area (TPSA) is 32.7 Å². The normalized spacial score (nSPS) is 14.6. The minimum atomic E-state index is 0.0283. The number of benzodiazepines with no additional fused rings is 1. The molecule has 3 heteroatoms. The highest BCUT2D eigenvalue weighted by Gasteiger charge is 2.20.